The minimum atomic E-state index is -0.147. The maximum Gasteiger partial charge on any atom is 0.258 e. The summed E-state index contributed by atoms with van der Waals surface area (Å²) in [5, 5.41) is 7.13. The first-order valence-electron chi connectivity index (χ1n) is 7.11. The van der Waals surface area contributed by atoms with Crippen molar-refractivity contribution in [2.45, 2.75) is 59.0 Å². The molecule has 0 saturated heterocycles. The van der Waals surface area contributed by atoms with Gasteiger partial charge in [0.25, 0.3) is 5.91 Å². The number of nitrogen functional groups attached to an aromatic ring is 1. The number of rotatable bonds is 4. The van der Waals surface area contributed by atoms with Gasteiger partial charge in [0.2, 0.25) is 0 Å². The van der Waals surface area contributed by atoms with Crippen LogP contribution in [-0.2, 0) is 0 Å². The fourth-order valence-electron chi connectivity index (χ4n) is 2.70. The summed E-state index contributed by atoms with van der Waals surface area (Å²) in [6.07, 6.45) is 3.43. The van der Waals surface area contributed by atoms with Crippen LogP contribution in [0.2, 0.25) is 0 Å². The zero-order valence-corrected chi connectivity index (χ0v) is 13.4. The third kappa shape index (κ3) is 3.42. The van der Waals surface area contributed by atoms with Gasteiger partial charge in [0.05, 0.1) is 0 Å². The molecule has 1 atom stereocenters. The topological polar surface area (TPSA) is 80.0 Å². The zero-order chi connectivity index (χ0) is 14.9. The molecule has 1 heterocycles. The highest BCUT2D eigenvalue weighted by atomic mass is 32.1. The van der Waals surface area contributed by atoms with E-state index in [1.165, 1.54) is 18.0 Å². The van der Waals surface area contributed by atoms with Gasteiger partial charge in [-0.1, -0.05) is 13.8 Å². The van der Waals surface area contributed by atoms with Gasteiger partial charge in [0.1, 0.15) is 10.6 Å². The number of nitrogens with one attached hydrogen (secondary N) is 2. The molecule has 0 aromatic carbocycles. The van der Waals surface area contributed by atoms with E-state index in [1.54, 1.807) is 0 Å². The van der Waals surface area contributed by atoms with Crippen molar-refractivity contribution < 1.29 is 4.79 Å². The number of carbonyl (C=O) groups excluding carboxylic acids is 1. The SMILES string of the molecule is CC(C)NC(=O)c1c(N)nsc1NC1CCC(C)(C)C1. The molecule has 20 heavy (non-hydrogen) atoms. The average molecular weight is 296 g/mol. The number of nitrogens with zero attached hydrogens (tertiary/aromatic N) is 1. The molecule has 1 amide bonds. The average Bonchev–Trinajstić information content (AvgIpc) is 2.82. The van der Waals surface area contributed by atoms with E-state index in [4.69, 9.17) is 5.73 Å². The Morgan fingerprint density at radius 2 is 2.20 bits per heavy atom. The largest absolute Gasteiger partial charge is 0.382 e. The lowest BCUT2D eigenvalue weighted by atomic mass is 9.92. The maximum atomic E-state index is 12.2. The van der Waals surface area contributed by atoms with Crippen LogP contribution in [0.15, 0.2) is 0 Å². The Morgan fingerprint density at radius 1 is 1.50 bits per heavy atom. The molecule has 0 aliphatic heterocycles. The second kappa shape index (κ2) is 5.60. The van der Waals surface area contributed by atoms with Gasteiger partial charge in [0, 0.05) is 12.1 Å². The molecule has 2 rings (SSSR count). The number of amides is 1. The van der Waals surface area contributed by atoms with Gasteiger partial charge in [-0.2, -0.15) is 4.37 Å². The van der Waals surface area contributed by atoms with Crippen LogP contribution in [-0.4, -0.2) is 22.4 Å². The summed E-state index contributed by atoms with van der Waals surface area (Å²) in [5.41, 5.74) is 6.71. The third-order valence-electron chi connectivity index (χ3n) is 3.67. The second-order valence-electron chi connectivity index (χ2n) is 6.65. The van der Waals surface area contributed by atoms with Crippen LogP contribution in [0.4, 0.5) is 10.8 Å². The summed E-state index contributed by atoms with van der Waals surface area (Å²) in [7, 11) is 0. The molecule has 0 bridgehead atoms. The molecular formula is C14H24N4OS. The van der Waals surface area contributed by atoms with Gasteiger partial charge in [-0.05, 0) is 50.1 Å². The Labute approximate surface area is 124 Å². The molecular weight excluding hydrogens is 272 g/mol. The summed E-state index contributed by atoms with van der Waals surface area (Å²) in [5.74, 6) is 0.166. The van der Waals surface area contributed by atoms with Gasteiger partial charge in [0.15, 0.2) is 5.82 Å². The van der Waals surface area contributed by atoms with Crippen LogP contribution in [0, 0.1) is 5.41 Å². The normalized spacial score (nSPS) is 21.1. The van der Waals surface area contributed by atoms with Crippen molar-refractivity contribution in [1.29, 1.82) is 0 Å². The van der Waals surface area contributed by atoms with Crippen molar-refractivity contribution in [3.05, 3.63) is 5.56 Å². The van der Waals surface area contributed by atoms with Crippen LogP contribution >= 0.6 is 11.5 Å². The number of hydrogen-bond donors (Lipinski definition) is 3. The van der Waals surface area contributed by atoms with E-state index < -0.39 is 0 Å². The van der Waals surface area contributed by atoms with Crippen molar-refractivity contribution in [1.82, 2.24) is 9.69 Å². The lowest BCUT2D eigenvalue weighted by molar-refractivity contribution is 0.0945. The fourth-order valence-corrected chi connectivity index (χ4v) is 3.49. The molecule has 112 valence electrons. The van der Waals surface area contributed by atoms with E-state index in [0.29, 0.717) is 22.8 Å². The molecule has 1 aliphatic carbocycles. The first-order chi connectivity index (χ1) is 9.28. The van der Waals surface area contributed by atoms with E-state index in [1.807, 2.05) is 13.8 Å². The van der Waals surface area contributed by atoms with Crippen LogP contribution in [0.3, 0.4) is 0 Å². The molecule has 0 radical (unpaired) electrons. The van der Waals surface area contributed by atoms with Crippen LogP contribution < -0.4 is 16.4 Å². The minimum Gasteiger partial charge on any atom is -0.382 e. The highest BCUT2D eigenvalue weighted by Crippen LogP contribution is 2.39. The van der Waals surface area contributed by atoms with Gasteiger partial charge < -0.3 is 16.4 Å². The van der Waals surface area contributed by atoms with E-state index in [-0.39, 0.29) is 11.9 Å². The molecule has 4 N–H and O–H groups in total. The van der Waals surface area contributed by atoms with E-state index >= 15 is 0 Å². The summed E-state index contributed by atoms with van der Waals surface area (Å²) in [6, 6.07) is 0.482. The van der Waals surface area contributed by atoms with Gasteiger partial charge >= 0.3 is 0 Å². The van der Waals surface area contributed by atoms with Crippen LogP contribution in [0.5, 0.6) is 0 Å². The van der Waals surface area contributed by atoms with Crippen LogP contribution in [0.1, 0.15) is 57.3 Å². The van der Waals surface area contributed by atoms with Gasteiger partial charge in [-0.3, -0.25) is 4.79 Å². The van der Waals surface area contributed by atoms with Crippen molar-refractivity contribution in [2.75, 3.05) is 11.1 Å². The molecule has 5 nitrogen and oxygen atoms in total. The highest BCUT2D eigenvalue weighted by molar-refractivity contribution is 7.11. The lowest BCUT2D eigenvalue weighted by Gasteiger charge is -2.18. The molecule has 1 aromatic rings. The first kappa shape index (κ1) is 15.1. The Kier molecular flexibility index (Phi) is 4.22. The number of aromatic nitrogens is 1. The van der Waals surface area contributed by atoms with Gasteiger partial charge in [-0.15, -0.1) is 0 Å². The summed E-state index contributed by atoms with van der Waals surface area (Å²) in [4.78, 5) is 12.2. The highest BCUT2D eigenvalue weighted by Gasteiger charge is 2.32. The lowest BCUT2D eigenvalue weighted by Crippen LogP contribution is -2.31. The minimum absolute atomic E-state index is 0.0834. The Morgan fingerprint density at radius 3 is 2.75 bits per heavy atom. The summed E-state index contributed by atoms with van der Waals surface area (Å²) < 4.78 is 4.12. The first-order valence-corrected chi connectivity index (χ1v) is 7.88. The van der Waals surface area contributed by atoms with Crippen molar-refractivity contribution in [3.63, 3.8) is 0 Å². The number of anilines is 2. The monoisotopic (exact) mass is 296 g/mol. The van der Waals surface area contributed by atoms with Crippen LogP contribution in [0.25, 0.3) is 0 Å². The second-order valence-corrected chi connectivity index (χ2v) is 7.42. The summed E-state index contributed by atoms with van der Waals surface area (Å²) in [6.45, 7) is 8.42. The zero-order valence-electron chi connectivity index (χ0n) is 12.6. The standard InChI is InChI=1S/C14H24N4OS/c1-8(2)16-12(19)10-11(15)18-20-13(10)17-9-5-6-14(3,4)7-9/h8-9,17H,5-7H2,1-4H3,(H2,15,18)(H,16,19). The Balaban J connectivity index is 2.11. The molecule has 1 aromatic heterocycles. The van der Waals surface area contributed by atoms with Gasteiger partial charge in [-0.25, -0.2) is 0 Å². The number of carbonyl (C=O) groups is 1. The maximum absolute atomic E-state index is 12.2. The smallest absolute Gasteiger partial charge is 0.258 e. The van der Waals surface area contributed by atoms with E-state index in [0.717, 1.165) is 17.8 Å². The molecule has 1 aliphatic rings. The molecule has 0 spiro atoms. The number of nitrogens with two attached hydrogens (primary N) is 1. The van der Waals surface area contributed by atoms with Crippen molar-refractivity contribution >= 4 is 28.3 Å². The number of hydrogen-bond acceptors (Lipinski definition) is 5. The third-order valence-corrected chi connectivity index (χ3v) is 4.46. The molecule has 1 fully saturated rings. The predicted octanol–water partition coefficient (Wildman–Crippen LogP) is 2.85. The van der Waals surface area contributed by atoms with Crippen molar-refractivity contribution in [3.8, 4) is 0 Å². The fraction of sp³-hybridized carbons (Fsp3) is 0.714. The van der Waals surface area contributed by atoms with E-state index in [2.05, 4.69) is 28.9 Å². The summed E-state index contributed by atoms with van der Waals surface area (Å²) >= 11 is 1.27. The molecule has 1 unspecified atom stereocenters. The Hall–Kier alpha value is -1.30. The van der Waals surface area contributed by atoms with Crippen molar-refractivity contribution in [2.24, 2.45) is 5.41 Å². The Bertz CT molecular complexity index is 495. The molecule has 1 saturated carbocycles. The predicted molar refractivity (Wildman–Crippen MR) is 84.2 cm³/mol. The molecule has 6 heteroatoms. The quantitative estimate of drug-likeness (QED) is 0.798. The van der Waals surface area contributed by atoms with E-state index in [9.17, 15) is 4.79 Å².